The van der Waals surface area contributed by atoms with Crippen molar-refractivity contribution in [2.24, 2.45) is 0 Å². The topological polar surface area (TPSA) is 54.0 Å². The monoisotopic (exact) mass is 304 g/mol. The van der Waals surface area contributed by atoms with Crippen LogP contribution in [0.2, 0.25) is 6.04 Å². The highest BCUT2D eigenvalue weighted by atomic mass is 28.4. The molecule has 1 unspecified atom stereocenters. The Morgan fingerprint density at radius 3 is 1.85 bits per heavy atom. The van der Waals surface area contributed by atoms with Crippen molar-refractivity contribution < 1.29 is 22.8 Å². The summed E-state index contributed by atoms with van der Waals surface area (Å²) in [5.74, 6) is -0.0834. The summed E-state index contributed by atoms with van der Waals surface area (Å²) in [5, 5.41) is 0. The maximum Gasteiger partial charge on any atom is 0.501 e. The van der Waals surface area contributed by atoms with Crippen LogP contribution in [0.25, 0.3) is 0 Å². The second-order valence-electron chi connectivity index (χ2n) is 4.39. The number of carbonyl (C=O) groups is 1. The van der Waals surface area contributed by atoms with Crippen LogP contribution in [0.4, 0.5) is 0 Å². The molecule has 0 N–H and O–H groups in total. The maximum atomic E-state index is 11.9. The van der Waals surface area contributed by atoms with E-state index in [1.807, 2.05) is 20.8 Å². The molecule has 0 aliphatic rings. The van der Waals surface area contributed by atoms with Gasteiger partial charge >= 0.3 is 8.80 Å². The molecule has 0 aliphatic heterocycles. The number of ketones is 1. The molecule has 118 valence electrons. The number of ether oxygens (including phenoxy) is 1. The Morgan fingerprint density at radius 2 is 1.55 bits per heavy atom. The van der Waals surface area contributed by atoms with Crippen LogP contribution in [0.5, 0.6) is 0 Å². The molecule has 0 spiro atoms. The molecule has 0 rings (SSSR count). The molecular weight excluding hydrogens is 276 g/mol. The van der Waals surface area contributed by atoms with E-state index in [-0.39, 0.29) is 5.78 Å². The predicted octanol–water partition coefficient (Wildman–Crippen LogP) is 2.59. The number of rotatable bonds is 12. The zero-order valence-corrected chi connectivity index (χ0v) is 14.4. The van der Waals surface area contributed by atoms with Gasteiger partial charge in [0, 0.05) is 33.0 Å². The normalized spacial score (nSPS) is 13.2. The first-order valence-corrected chi connectivity index (χ1v) is 9.03. The Kier molecular flexibility index (Phi) is 9.96. The lowest BCUT2D eigenvalue weighted by Gasteiger charge is -2.29. The van der Waals surface area contributed by atoms with Crippen molar-refractivity contribution in [2.75, 3.05) is 26.9 Å². The average molecular weight is 304 g/mol. The van der Waals surface area contributed by atoms with Crippen LogP contribution >= 0.6 is 0 Å². The van der Waals surface area contributed by atoms with Gasteiger partial charge in [0.25, 0.3) is 0 Å². The number of hydrogen-bond donors (Lipinski definition) is 0. The van der Waals surface area contributed by atoms with Crippen molar-refractivity contribution in [3.8, 4) is 0 Å². The fraction of sp³-hybridized carbons (Fsp3) is 0.786. The van der Waals surface area contributed by atoms with E-state index in [9.17, 15) is 4.79 Å². The van der Waals surface area contributed by atoms with Crippen molar-refractivity contribution in [3.05, 3.63) is 12.2 Å². The number of Topliss-reactive ketones (excluding diaryl/α,β-unsaturated/α-hetero) is 1. The molecule has 0 aliphatic carbocycles. The fourth-order valence-electron chi connectivity index (χ4n) is 1.94. The van der Waals surface area contributed by atoms with E-state index in [0.29, 0.717) is 37.9 Å². The minimum absolute atomic E-state index is 0.0834. The molecule has 1 atom stereocenters. The molecule has 0 saturated carbocycles. The third-order valence-corrected chi connectivity index (χ3v) is 5.89. The van der Waals surface area contributed by atoms with E-state index in [1.165, 1.54) is 7.11 Å². The number of hydrogen-bond acceptors (Lipinski definition) is 5. The molecule has 20 heavy (non-hydrogen) atoms. The van der Waals surface area contributed by atoms with E-state index in [4.69, 9.17) is 18.0 Å². The Morgan fingerprint density at radius 1 is 1.10 bits per heavy atom. The van der Waals surface area contributed by atoms with Crippen molar-refractivity contribution >= 4 is 14.6 Å². The van der Waals surface area contributed by atoms with Crippen LogP contribution in [0.15, 0.2) is 12.2 Å². The van der Waals surface area contributed by atoms with Crippen LogP contribution in [0, 0.1) is 0 Å². The van der Waals surface area contributed by atoms with Crippen molar-refractivity contribution in [1.82, 2.24) is 0 Å². The van der Waals surface area contributed by atoms with Crippen molar-refractivity contribution in [3.63, 3.8) is 0 Å². The second kappa shape index (κ2) is 10.2. The summed E-state index contributed by atoms with van der Waals surface area (Å²) in [5.41, 5.74) is 0.494. The Balaban J connectivity index is 4.78. The second-order valence-corrected chi connectivity index (χ2v) is 7.12. The molecular formula is C14H28O5Si. The molecule has 0 radical (unpaired) electrons. The molecule has 0 saturated heterocycles. The zero-order valence-electron chi connectivity index (χ0n) is 13.4. The molecule has 5 nitrogen and oxygen atoms in total. The summed E-state index contributed by atoms with van der Waals surface area (Å²) in [4.78, 5) is 11.9. The summed E-state index contributed by atoms with van der Waals surface area (Å²) in [6.07, 6.45) is -0.00485. The lowest BCUT2D eigenvalue weighted by molar-refractivity contribution is -0.125. The molecule has 0 aromatic carbocycles. The van der Waals surface area contributed by atoms with Gasteiger partial charge in [-0.15, -0.1) is 0 Å². The summed E-state index contributed by atoms with van der Waals surface area (Å²) in [6.45, 7) is 12.7. The predicted molar refractivity (Wildman–Crippen MR) is 80.7 cm³/mol. The molecule has 0 aromatic heterocycles. The lowest BCUT2D eigenvalue weighted by atomic mass is 10.1. The van der Waals surface area contributed by atoms with E-state index >= 15 is 0 Å². The summed E-state index contributed by atoms with van der Waals surface area (Å²) < 4.78 is 22.5. The van der Waals surface area contributed by atoms with Gasteiger partial charge in [0.1, 0.15) is 6.10 Å². The van der Waals surface area contributed by atoms with Gasteiger partial charge < -0.3 is 18.0 Å². The first-order valence-electron chi connectivity index (χ1n) is 7.10. The Labute approximate surface area is 123 Å². The summed E-state index contributed by atoms with van der Waals surface area (Å²) in [6, 6.07) is 0.556. The third-order valence-electron chi connectivity index (χ3n) is 2.80. The fourth-order valence-corrected chi connectivity index (χ4v) is 4.56. The van der Waals surface area contributed by atoms with Crippen LogP contribution in [0.3, 0.4) is 0 Å². The molecule has 0 bridgehead atoms. The molecule has 0 fully saturated rings. The first kappa shape index (κ1) is 19.5. The molecule has 0 heterocycles. The third kappa shape index (κ3) is 6.28. The van der Waals surface area contributed by atoms with Gasteiger partial charge in [0.05, 0.1) is 0 Å². The SMILES string of the molecule is C=C(C)C(=O)C(CC[Si](OCC)(OCC)OCC)OC. The van der Waals surface area contributed by atoms with Crippen molar-refractivity contribution in [2.45, 2.75) is 46.3 Å². The minimum atomic E-state index is -2.72. The highest BCUT2D eigenvalue weighted by Crippen LogP contribution is 2.21. The van der Waals surface area contributed by atoms with E-state index < -0.39 is 14.9 Å². The highest BCUT2D eigenvalue weighted by Gasteiger charge is 2.41. The van der Waals surface area contributed by atoms with Crippen LogP contribution in [-0.4, -0.2) is 47.6 Å². The maximum absolute atomic E-state index is 11.9. The van der Waals surface area contributed by atoms with Gasteiger partial charge in [-0.2, -0.15) is 0 Å². The van der Waals surface area contributed by atoms with E-state index in [0.717, 1.165) is 0 Å². The van der Waals surface area contributed by atoms with E-state index in [2.05, 4.69) is 6.58 Å². The Bertz CT molecular complexity index is 289. The summed E-state index contributed by atoms with van der Waals surface area (Å²) in [7, 11) is -1.19. The average Bonchev–Trinajstić information content (AvgIpc) is 2.40. The quantitative estimate of drug-likeness (QED) is 0.410. The van der Waals surface area contributed by atoms with Gasteiger partial charge in [0.2, 0.25) is 0 Å². The standard InChI is InChI=1S/C14H28O5Si/c1-7-17-20(18-8-2,19-9-3)11-10-13(16-6)14(15)12(4)5/h13H,4,7-11H2,1-3,5-6H3. The molecule has 0 aromatic rings. The highest BCUT2D eigenvalue weighted by molar-refractivity contribution is 6.60. The van der Waals surface area contributed by atoms with Gasteiger partial charge in [-0.25, -0.2) is 0 Å². The van der Waals surface area contributed by atoms with Gasteiger partial charge in [-0.05, 0) is 39.7 Å². The van der Waals surface area contributed by atoms with Gasteiger partial charge in [-0.1, -0.05) is 6.58 Å². The largest absolute Gasteiger partial charge is 0.501 e. The Hall–Kier alpha value is -0.533. The van der Waals surface area contributed by atoms with E-state index in [1.54, 1.807) is 6.92 Å². The minimum Gasteiger partial charge on any atom is -0.374 e. The zero-order chi connectivity index (χ0) is 15.6. The van der Waals surface area contributed by atoms with Crippen LogP contribution < -0.4 is 0 Å². The first-order chi connectivity index (χ1) is 9.46. The lowest BCUT2D eigenvalue weighted by Crippen LogP contribution is -2.47. The van der Waals surface area contributed by atoms with Gasteiger partial charge in [-0.3, -0.25) is 4.79 Å². The van der Waals surface area contributed by atoms with Crippen molar-refractivity contribution in [1.29, 1.82) is 0 Å². The van der Waals surface area contributed by atoms with Crippen LogP contribution in [-0.2, 0) is 22.8 Å². The van der Waals surface area contributed by atoms with Gasteiger partial charge in [0.15, 0.2) is 5.78 Å². The molecule has 6 heteroatoms. The summed E-state index contributed by atoms with van der Waals surface area (Å²) >= 11 is 0. The smallest absolute Gasteiger partial charge is 0.374 e. The number of carbonyl (C=O) groups excluding carboxylic acids is 1. The van der Waals surface area contributed by atoms with Crippen LogP contribution in [0.1, 0.15) is 34.1 Å². The number of methoxy groups -OCH3 is 1. The molecule has 0 amide bonds.